The fourth-order valence-electron chi connectivity index (χ4n) is 1.66. The average Bonchev–Trinajstić information content (AvgIpc) is 2.82. The quantitative estimate of drug-likeness (QED) is 0.842. The van der Waals surface area contributed by atoms with Crippen LogP contribution in [0.15, 0.2) is 35.1 Å². The summed E-state index contributed by atoms with van der Waals surface area (Å²) in [6.07, 6.45) is 3.05. The maximum atomic E-state index is 11.7. The lowest BCUT2D eigenvalue weighted by Gasteiger charge is -2.10. The van der Waals surface area contributed by atoms with E-state index in [9.17, 15) is 4.79 Å². The van der Waals surface area contributed by atoms with E-state index in [0.29, 0.717) is 11.4 Å². The fraction of sp³-hybridized carbons (Fsp3) is 0.231. The Balaban J connectivity index is 1.94. The number of carbonyl (C=O) groups is 1. The van der Waals surface area contributed by atoms with Crippen LogP contribution in [0, 0.1) is 0 Å². The summed E-state index contributed by atoms with van der Waals surface area (Å²) in [5.41, 5.74) is 6.81. The van der Waals surface area contributed by atoms with Gasteiger partial charge in [-0.1, -0.05) is 15.9 Å². The normalized spacial score (nSPS) is 10.3. The number of hydrogen-bond acceptors (Lipinski definition) is 5. The lowest BCUT2D eigenvalue weighted by molar-refractivity contribution is -0.145. The fourth-order valence-corrected chi connectivity index (χ4v) is 2.07. The molecule has 106 valence electrons. The topological polar surface area (TPSA) is 79.4 Å². The van der Waals surface area contributed by atoms with E-state index in [1.807, 2.05) is 12.1 Å². The summed E-state index contributed by atoms with van der Waals surface area (Å²) >= 11 is 3.37. The minimum absolute atomic E-state index is 0.0213. The van der Waals surface area contributed by atoms with Gasteiger partial charge in [0.05, 0.1) is 19.0 Å². The van der Waals surface area contributed by atoms with E-state index < -0.39 is 5.97 Å². The third-order valence-electron chi connectivity index (χ3n) is 2.58. The van der Waals surface area contributed by atoms with Crippen LogP contribution in [0.2, 0.25) is 0 Å². The summed E-state index contributed by atoms with van der Waals surface area (Å²) in [4.78, 5) is 11.7. The van der Waals surface area contributed by atoms with Gasteiger partial charge in [-0.25, -0.2) is 0 Å². The van der Waals surface area contributed by atoms with Crippen LogP contribution in [0.4, 0.5) is 5.69 Å². The number of halogens is 1. The zero-order valence-electron chi connectivity index (χ0n) is 10.9. The molecular formula is C13H14BrN3O3. The van der Waals surface area contributed by atoms with Crippen molar-refractivity contribution in [2.45, 2.75) is 13.2 Å². The number of benzene rings is 1. The molecule has 7 heteroatoms. The highest BCUT2D eigenvalue weighted by molar-refractivity contribution is 9.10. The Bertz CT molecular complexity index is 613. The monoisotopic (exact) mass is 339 g/mol. The van der Waals surface area contributed by atoms with Crippen molar-refractivity contribution in [3.8, 4) is 5.75 Å². The molecule has 2 rings (SSSR count). The molecule has 0 bridgehead atoms. The van der Waals surface area contributed by atoms with Gasteiger partial charge < -0.3 is 15.2 Å². The predicted molar refractivity (Wildman–Crippen MR) is 77.1 cm³/mol. The molecule has 0 unspecified atom stereocenters. The summed E-state index contributed by atoms with van der Waals surface area (Å²) < 4.78 is 12.7. The largest absolute Gasteiger partial charge is 0.496 e. The number of nitrogens with two attached hydrogens (primary N) is 1. The van der Waals surface area contributed by atoms with Crippen molar-refractivity contribution >= 4 is 27.6 Å². The molecule has 0 radical (unpaired) electrons. The Morgan fingerprint density at radius 3 is 2.95 bits per heavy atom. The van der Waals surface area contributed by atoms with E-state index in [1.165, 1.54) is 10.9 Å². The molecule has 20 heavy (non-hydrogen) atoms. The standard InChI is InChI=1S/C13H14BrN3O3/c1-19-12-3-2-10(14)4-9(12)8-20-13(18)7-17-6-11(15)5-16-17/h2-6H,7-8,15H2,1H3. The average molecular weight is 340 g/mol. The second-order valence-electron chi connectivity index (χ2n) is 4.09. The van der Waals surface area contributed by atoms with Crippen molar-refractivity contribution < 1.29 is 14.3 Å². The summed E-state index contributed by atoms with van der Waals surface area (Å²) in [5, 5.41) is 3.92. The number of esters is 1. The van der Waals surface area contributed by atoms with Crippen molar-refractivity contribution in [1.29, 1.82) is 0 Å². The Hall–Kier alpha value is -2.02. The predicted octanol–water partition coefficient (Wildman–Crippen LogP) is 1.98. The van der Waals surface area contributed by atoms with E-state index in [0.717, 1.165) is 10.0 Å². The van der Waals surface area contributed by atoms with Gasteiger partial charge >= 0.3 is 5.97 Å². The maximum Gasteiger partial charge on any atom is 0.328 e. The molecule has 2 aromatic rings. The van der Waals surface area contributed by atoms with Crippen molar-refractivity contribution in [2.24, 2.45) is 0 Å². The molecule has 1 heterocycles. The molecular weight excluding hydrogens is 326 g/mol. The summed E-state index contributed by atoms with van der Waals surface area (Å²) in [5.74, 6) is 0.277. The second-order valence-corrected chi connectivity index (χ2v) is 5.00. The molecule has 0 aliphatic rings. The van der Waals surface area contributed by atoms with E-state index in [1.54, 1.807) is 19.4 Å². The zero-order chi connectivity index (χ0) is 14.5. The molecule has 1 aromatic carbocycles. The van der Waals surface area contributed by atoms with Gasteiger partial charge in [-0.3, -0.25) is 9.48 Å². The van der Waals surface area contributed by atoms with E-state index >= 15 is 0 Å². The smallest absolute Gasteiger partial charge is 0.328 e. The van der Waals surface area contributed by atoms with Crippen LogP contribution in [0.5, 0.6) is 5.75 Å². The Morgan fingerprint density at radius 1 is 1.50 bits per heavy atom. The van der Waals surface area contributed by atoms with E-state index in [4.69, 9.17) is 15.2 Å². The Labute approximate surface area is 124 Å². The minimum Gasteiger partial charge on any atom is -0.496 e. The van der Waals surface area contributed by atoms with Gasteiger partial charge in [-0.05, 0) is 18.2 Å². The van der Waals surface area contributed by atoms with Crippen molar-refractivity contribution in [2.75, 3.05) is 12.8 Å². The zero-order valence-corrected chi connectivity index (χ0v) is 12.5. The molecule has 0 saturated heterocycles. The van der Waals surface area contributed by atoms with Crippen LogP contribution in [0.25, 0.3) is 0 Å². The first kappa shape index (κ1) is 14.4. The van der Waals surface area contributed by atoms with Crippen molar-refractivity contribution in [3.63, 3.8) is 0 Å². The number of nitrogen functional groups attached to an aromatic ring is 1. The van der Waals surface area contributed by atoms with E-state index in [2.05, 4.69) is 21.0 Å². The van der Waals surface area contributed by atoms with Gasteiger partial charge in [0, 0.05) is 16.2 Å². The third-order valence-corrected chi connectivity index (χ3v) is 3.07. The van der Waals surface area contributed by atoms with Crippen LogP contribution >= 0.6 is 15.9 Å². The molecule has 6 nitrogen and oxygen atoms in total. The first-order valence-electron chi connectivity index (χ1n) is 5.84. The molecule has 0 saturated carbocycles. The summed E-state index contributed by atoms with van der Waals surface area (Å²) in [7, 11) is 1.57. The van der Waals surface area contributed by atoms with Crippen LogP contribution < -0.4 is 10.5 Å². The number of ether oxygens (including phenoxy) is 2. The third kappa shape index (κ3) is 3.74. The maximum absolute atomic E-state index is 11.7. The van der Waals surface area contributed by atoms with Crippen LogP contribution in [-0.2, 0) is 22.7 Å². The molecule has 0 aliphatic heterocycles. The molecule has 0 atom stereocenters. The number of methoxy groups -OCH3 is 1. The molecule has 0 amide bonds. The SMILES string of the molecule is COc1ccc(Br)cc1COC(=O)Cn1cc(N)cn1. The molecule has 0 fully saturated rings. The van der Waals surface area contributed by atoms with Gasteiger partial charge in [0.2, 0.25) is 0 Å². The second kappa shape index (κ2) is 6.42. The number of nitrogens with zero attached hydrogens (tertiary/aromatic N) is 2. The lowest BCUT2D eigenvalue weighted by atomic mass is 10.2. The number of aromatic nitrogens is 2. The van der Waals surface area contributed by atoms with Gasteiger partial charge in [0.25, 0.3) is 0 Å². The van der Waals surface area contributed by atoms with E-state index in [-0.39, 0.29) is 13.2 Å². The molecule has 2 N–H and O–H groups in total. The van der Waals surface area contributed by atoms with Gasteiger partial charge in [0.15, 0.2) is 0 Å². The number of anilines is 1. The van der Waals surface area contributed by atoms with Gasteiger partial charge in [-0.2, -0.15) is 5.10 Å². The highest BCUT2D eigenvalue weighted by Gasteiger charge is 2.09. The lowest BCUT2D eigenvalue weighted by Crippen LogP contribution is -2.14. The van der Waals surface area contributed by atoms with Crippen LogP contribution in [0.1, 0.15) is 5.56 Å². The van der Waals surface area contributed by atoms with Crippen molar-refractivity contribution in [3.05, 3.63) is 40.6 Å². The molecule has 0 spiro atoms. The molecule has 0 aliphatic carbocycles. The first-order valence-corrected chi connectivity index (χ1v) is 6.64. The highest BCUT2D eigenvalue weighted by Crippen LogP contribution is 2.23. The highest BCUT2D eigenvalue weighted by atomic mass is 79.9. The number of hydrogen-bond donors (Lipinski definition) is 1. The van der Waals surface area contributed by atoms with Gasteiger partial charge in [-0.15, -0.1) is 0 Å². The Kier molecular flexibility index (Phi) is 4.62. The number of carbonyl (C=O) groups excluding carboxylic acids is 1. The van der Waals surface area contributed by atoms with Crippen molar-refractivity contribution in [1.82, 2.24) is 9.78 Å². The van der Waals surface area contributed by atoms with Crippen LogP contribution in [0.3, 0.4) is 0 Å². The Morgan fingerprint density at radius 2 is 2.30 bits per heavy atom. The summed E-state index contributed by atoms with van der Waals surface area (Å²) in [6.45, 7) is 0.158. The first-order chi connectivity index (χ1) is 9.58. The number of rotatable bonds is 5. The minimum atomic E-state index is -0.393. The molecule has 1 aromatic heterocycles. The van der Waals surface area contributed by atoms with Crippen LogP contribution in [-0.4, -0.2) is 22.9 Å². The van der Waals surface area contributed by atoms with Gasteiger partial charge in [0.1, 0.15) is 18.9 Å². The summed E-state index contributed by atoms with van der Waals surface area (Å²) in [6, 6.07) is 5.51.